The van der Waals surface area contributed by atoms with Crippen molar-refractivity contribution in [3.63, 3.8) is 0 Å². The molecule has 2 aliphatic rings. The number of amides is 2. The molecule has 0 bridgehead atoms. The Morgan fingerprint density at radius 3 is 2.53 bits per heavy atom. The van der Waals surface area contributed by atoms with Crippen LogP contribution in [0.3, 0.4) is 0 Å². The first-order valence-electron chi connectivity index (χ1n) is 6.22. The smallest absolute Gasteiger partial charge is 0.223 e. The van der Waals surface area contributed by atoms with Gasteiger partial charge >= 0.3 is 0 Å². The van der Waals surface area contributed by atoms with Crippen molar-refractivity contribution >= 4 is 23.4 Å². The summed E-state index contributed by atoms with van der Waals surface area (Å²) in [5.41, 5.74) is 0. The van der Waals surface area contributed by atoms with Gasteiger partial charge in [0.2, 0.25) is 11.8 Å². The van der Waals surface area contributed by atoms with Crippen LogP contribution in [0.15, 0.2) is 0 Å². The second kappa shape index (κ2) is 5.25. The van der Waals surface area contributed by atoms with Gasteiger partial charge in [-0.05, 0) is 18.8 Å². The Labute approximate surface area is 107 Å². The SMILES string of the molecule is CC(=O)N1CCC(N2CC(CCl)CC2=O)CC1. The monoisotopic (exact) mass is 258 g/mol. The lowest BCUT2D eigenvalue weighted by molar-refractivity contribution is -0.133. The molecule has 0 radical (unpaired) electrons. The lowest BCUT2D eigenvalue weighted by atomic mass is 10.0. The van der Waals surface area contributed by atoms with E-state index < -0.39 is 0 Å². The predicted molar refractivity (Wildman–Crippen MR) is 65.8 cm³/mol. The third kappa shape index (κ3) is 2.73. The van der Waals surface area contributed by atoms with E-state index in [4.69, 9.17) is 11.6 Å². The van der Waals surface area contributed by atoms with Crippen molar-refractivity contribution in [3.05, 3.63) is 0 Å². The number of carbonyl (C=O) groups excluding carboxylic acids is 2. The maximum atomic E-state index is 11.8. The van der Waals surface area contributed by atoms with Crippen molar-refractivity contribution in [2.45, 2.75) is 32.2 Å². The van der Waals surface area contributed by atoms with Crippen molar-refractivity contribution in [2.75, 3.05) is 25.5 Å². The Balaban J connectivity index is 1.89. The minimum absolute atomic E-state index is 0.134. The molecule has 4 nitrogen and oxygen atoms in total. The fourth-order valence-corrected chi connectivity index (χ4v) is 2.96. The Morgan fingerprint density at radius 2 is 2.06 bits per heavy atom. The summed E-state index contributed by atoms with van der Waals surface area (Å²) >= 11 is 5.81. The molecule has 17 heavy (non-hydrogen) atoms. The zero-order valence-corrected chi connectivity index (χ0v) is 10.9. The van der Waals surface area contributed by atoms with Gasteiger partial charge in [-0.25, -0.2) is 0 Å². The molecule has 0 saturated carbocycles. The van der Waals surface area contributed by atoms with E-state index in [0.29, 0.717) is 24.3 Å². The third-order valence-electron chi connectivity index (χ3n) is 3.81. The lowest BCUT2D eigenvalue weighted by Crippen LogP contribution is -2.46. The number of nitrogens with zero attached hydrogens (tertiary/aromatic N) is 2. The highest BCUT2D eigenvalue weighted by Crippen LogP contribution is 2.26. The topological polar surface area (TPSA) is 40.6 Å². The van der Waals surface area contributed by atoms with E-state index >= 15 is 0 Å². The first kappa shape index (κ1) is 12.7. The Kier molecular flexibility index (Phi) is 3.92. The molecule has 0 aromatic carbocycles. The van der Waals surface area contributed by atoms with Crippen LogP contribution in [0, 0.1) is 5.92 Å². The molecule has 2 saturated heterocycles. The van der Waals surface area contributed by atoms with Crippen LogP contribution in [-0.2, 0) is 9.59 Å². The van der Waals surface area contributed by atoms with Gasteiger partial charge in [-0.1, -0.05) is 0 Å². The van der Waals surface area contributed by atoms with Crippen LogP contribution >= 0.6 is 11.6 Å². The summed E-state index contributed by atoms with van der Waals surface area (Å²) in [5, 5.41) is 0. The van der Waals surface area contributed by atoms with Crippen LogP contribution in [0.5, 0.6) is 0 Å². The maximum absolute atomic E-state index is 11.8. The normalized spacial score (nSPS) is 26.7. The highest BCUT2D eigenvalue weighted by Gasteiger charge is 2.35. The summed E-state index contributed by atoms with van der Waals surface area (Å²) in [6.45, 7) is 3.95. The first-order valence-corrected chi connectivity index (χ1v) is 6.76. The van der Waals surface area contributed by atoms with E-state index in [1.165, 1.54) is 0 Å². The molecule has 0 spiro atoms. The van der Waals surface area contributed by atoms with Crippen LogP contribution in [0.2, 0.25) is 0 Å². The third-order valence-corrected chi connectivity index (χ3v) is 4.24. The zero-order chi connectivity index (χ0) is 12.4. The van der Waals surface area contributed by atoms with Gasteiger partial charge in [0, 0.05) is 44.9 Å². The van der Waals surface area contributed by atoms with E-state index in [1.54, 1.807) is 6.92 Å². The predicted octanol–water partition coefficient (Wildman–Crippen LogP) is 1.08. The number of halogens is 1. The Bertz CT molecular complexity index is 314. The van der Waals surface area contributed by atoms with E-state index in [0.717, 1.165) is 32.5 Å². The molecular formula is C12H19ClN2O2. The molecule has 2 aliphatic heterocycles. The van der Waals surface area contributed by atoms with Gasteiger partial charge in [0.1, 0.15) is 0 Å². The summed E-state index contributed by atoms with van der Waals surface area (Å²) in [7, 11) is 0. The highest BCUT2D eigenvalue weighted by atomic mass is 35.5. The standard InChI is InChI=1S/C12H19ClN2O2/c1-9(16)14-4-2-11(3-5-14)15-8-10(7-13)6-12(15)17/h10-11H,2-8H2,1H3. The van der Waals surface area contributed by atoms with Gasteiger partial charge in [-0.2, -0.15) is 0 Å². The average molecular weight is 259 g/mol. The van der Waals surface area contributed by atoms with Crippen LogP contribution in [0.1, 0.15) is 26.2 Å². The number of alkyl halides is 1. The summed E-state index contributed by atoms with van der Waals surface area (Å²) in [4.78, 5) is 26.9. The minimum Gasteiger partial charge on any atom is -0.343 e. The summed E-state index contributed by atoms with van der Waals surface area (Å²) in [6, 6.07) is 0.311. The van der Waals surface area contributed by atoms with Gasteiger partial charge in [-0.15, -0.1) is 11.6 Å². The molecule has 2 rings (SSSR count). The fraction of sp³-hybridized carbons (Fsp3) is 0.833. The number of rotatable bonds is 2. The molecular weight excluding hydrogens is 240 g/mol. The van der Waals surface area contributed by atoms with E-state index in [1.807, 2.05) is 9.80 Å². The molecule has 1 atom stereocenters. The molecule has 2 amide bonds. The molecule has 96 valence electrons. The second-order valence-corrected chi connectivity index (χ2v) is 5.32. The molecule has 2 heterocycles. The van der Waals surface area contributed by atoms with Crippen molar-refractivity contribution in [3.8, 4) is 0 Å². The summed E-state index contributed by atoms with van der Waals surface area (Å²) < 4.78 is 0. The number of likely N-dealkylation sites (tertiary alicyclic amines) is 2. The van der Waals surface area contributed by atoms with E-state index in [-0.39, 0.29) is 11.8 Å². The second-order valence-electron chi connectivity index (χ2n) is 5.01. The van der Waals surface area contributed by atoms with Crippen molar-refractivity contribution in [1.29, 1.82) is 0 Å². The first-order chi connectivity index (χ1) is 8.11. The van der Waals surface area contributed by atoms with Gasteiger partial charge < -0.3 is 9.80 Å². The Hall–Kier alpha value is -0.770. The molecule has 0 aliphatic carbocycles. The fourth-order valence-electron chi connectivity index (χ4n) is 2.76. The molecule has 1 unspecified atom stereocenters. The molecule has 0 aromatic heterocycles. The Morgan fingerprint density at radius 1 is 1.41 bits per heavy atom. The quantitative estimate of drug-likeness (QED) is 0.696. The molecule has 2 fully saturated rings. The highest BCUT2D eigenvalue weighted by molar-refractivity contribution is 6.18. The summed E-state index contributed by atoms with van der Waals surface area (Å²) in [6.07, 6.45) is 2.40. The van der Waals surface area contributed by atoms with Gasteiger partial charge in [0.25, 0.3) is 0 Å². The lowest BCUT2D eigenvalue weighted by Gasteiger charge is -2.36. The summed E-state index contributed by atoms with van der Waals surface area (Å²) in [5.74, 6) is 1.25. The number of piperidine rings is 1. The maximum Gasteiger partial charge on any atom is 0.223 e. The number of carbonyl (C=O) groups is 2. The van der Waals surface area contributed by atoms with Crippen LogP contribution in [-0.4, -0.2) is 53.2 Å². The largest absolute Gasteiger partial charge is 0.343 e. The molecule has 0 aromatic rings. The van der Waals surface area contributed by atoms with E-state index in [2.05, 4.69) is 0 Å². The van der Waals surface area contributed by atoms with Crippen molar-refractivity contribution in [1.82, 2.24) is 9.80 Å². The van der Waals surface area contributed by atoms with Gasteiger partial charge in [-0.3, -0.25) is 9.59 Å². The van der Waals surface area contributed by atoms with Gasteiger partial charge in [0.05, 0.1) is 0 Å². The molecule has 5 heteroatoms. The zero-order valence-electron chi connectivity index (χ0n) is 10.2. The average Bonchev–Trinajstić information content (AvgIpc) is 2.71. The van der Waals surface area contributed by atoms with Crippen molar-refractivity contribution < 1.29 is 9.59 Å². The number of hydrogen-bond acceptors (Lipinski definition) is 2. The van der Waals surface area contributed by atoms with Crippen LogP contribution < -0.4 is 0 Å². The molecule has 0 N–H and O–H groups in total. The van der Waals surface area contributed by atoms with Gasteiger partial charge in [0.15, 0.2) is 0 Å². The minimum atomic E-state index is 0.134. The van der Waals surface area contributed by atoms with Crippen molar-refractivity contribution in [2.24, 2.45) is 5.92 Å². The van der Waals surface area contributed by atoms with Crippen LogP contribution in [0.25, 0.3) is 0 Å². The van der Waals surface area contributed by atoms with Crippen LogP contribution in [0.4, 0.5) is 0 Å². The van der Waals surface area contributed by atoms with E-state index in [9.17, 15) is 9.59 Å². The number of hydrogen-bond donors (Lipinski definition) is 0.